The summed E-state index contributed by atoms with van der Waals surface area (Å²) in [6, 6.07) is 4.60. The van der Waals surface area contributed by atoms with Gasteiger partial charge in [-0.05, 0) is 50.5 Å². The number of likely N-dealkylation sites (tertiary alicyclic amines) is 1. The number of fused-ring (bicyclic) bond motifs is 1. The molecule has 1 saturated heterocycles. The van der Waals surface area contributed by atoms with Crippen molar-refractivity contribution >= 4 is 11.2 Å². The van der Waals surface area contributed by atoms with Crippen molar-refractivity contribution in [3.63, 3.8) is 0 Å². The van der Waals surface area contributed by atoms with Crippen LogP contribution in [0, 0.1) is 5.41 Å². The number of rotatable bonds is 2. The van der Waals surface area contributed by atoms with E-state index in [2.05, 4.69) is 48.3 Å². The smallest absolute Gasteiger partial charge is 0.160 e. The highest BCUT2D eigenvalue weighted by atomic mass is 15.2. The average molecular weight is 286 g/mol. The van der Waals surface area contributed by atoms with Gasteiger partial charge in [0.15, 0.2) is 5.65 Å². The summed E-state index contributed by atoms with van der Waals surface area (Å²) in [5, 5.41) is 0. The molecule has 1 fully saturated rings. The SMILES string of the molecule is CN1CCC(n2c(CC(C)(C)C)nc3cccnc32)CC1. The van der Waals surface area contributed by atoms with Gasteiger partial charge in [-0.2, -0.15) is 0 Å². The Kier molecular flexibility index (Phi) is 3.74. The molecule has 0 aromatic carbocycles. The maximum Gasteiger partial charge on any atom is 0.160 e. The van der Waals surface area contributed by atoms with Crippen LogP contribution in [-0.4, -0.2) is 39.6 Å². The fourth-order valence-electron chi connectivity index (χ4n) is 3.21. The summed E-state index contributed by atoms with van der Waals surface area (Å²) >= 11 is 0. The number of hydrogen-bond donors (Lipinski definition) is 0. The zero-order chi connectivity index (χ0) is 15.0. The second kappa shape index (κ2) is 5.41. The van der Waals surface area contributed by atoms with Gasteiger partial charge in [-0.3, -0.25) is 0 Å². The minimum absolute atomic E-state index is 0.241. The monoisotopic (exact) mass is 286 g/mol. The van der Waals surface area contributed by atoms with Gasteiger partial charge >= 0.3 is 0 Å². The molecule has 0 N–H and O–H groups in total. The standard InChI is InChI=1S/C17H26N4/c1-17(2,3)12-15-19-14-6-5-9-18-16(14)21(15)13-7-10-20(4)11-8-13/h5-6,9,13H,7-8,10-12H2,1-4H3. The molecule has 0 spiro atoms. The van der Waals surface area contributed by atoms with E-state index in [-0.39, 0.29) is 5.41 Å². The predicted octanol–water partition coefficient (Wildman–Crippen LogP) is 3.29. The van der Waals surface area contributed by atoms with Crippen LogP contribution in [0.4, 0.5) is 0 Å². The Morgan fingerprint density at radius 3 is 2.62 bits per heavy atom. The minimum atomic E-state index is 0.241. The van der Waals surface area contributed by atoms with Gasteiger partial charge in [0.05, 0.1) is 0 Å². The number of nitrogens with zero attached hydrogens (tertiary/aromatic N) is 4. The van der Waals surface area contributed by atoms with Crippen LogP contribution in [0.15, 0.2) is 18.3 Å². The molecule has 0 atom stereocenters. The van der Waals surface area contributed by atoms with Gasteiger partial charge in [-0.25, -0.2) is 9.97 Å². The molecule has 1 aliphatic heterocycles. The Bertz CT molecular complexity index is 615. The van der Waals surface area contributed by atoms with Gasteiger partial charge in [0.25, 0.3) is 0 Å². The molecule has 0 amide bonds. The zero-order valence-corrected chi connectivity index (χ0v) is 13.6. The fourth-order valence-corrected chi connectivity index (χ4v) is 3.21. The van der Waals surface area contributed by atoms with Crippen molar-refractivity contribution in [2.75, 3.05) is 20.1 Å². The van der Waals surface area contributed by atoms with Crippen molar-refractivity contribution in [1.82, 2.24) is 19.4 Å². The van der Waals surface area contributed by atoms with Gasteiger partial charge in [0.2, 0.25) is 0 Å². The lowest BCUT2D eigenvalue weighted by atomic mass is 9.91. The van der Waals surface area contributed by atoms with Gasteiger partial charge < -0.3 is 9.47 Å². The average Bonchev–Trinajstić information content (AvgIpc) is 2.75. The molecule has 114 valence electrons. The summed E-state index contributed by atoms with van der Waals surface area (Å²) in [7, 11) is 2.20. The number of piperidine rings is 1. The molecule has 4 heteroatoms. The predicted molar refractivity (Wildman–Crippen MR) is 86.5 cm³/mol. The van der Waals surface area contributed by atoms with E-state index < -0.39 is 0 Å². The van der Waals surface area contributed by atoms with E-state index >= 15 is 0 Å². The number of pyridine rings is 1. The zero-order valence-electron chi connectivity index (χ0n) is 13.6. The Morgan fingerprint density at radius 2 is 1.95 bits per heavy atom. The third kappa shape index (κ3) is 3.10. The van der Waals surface area contributed by atoms with E-state index in [0.29, 0.717) is 6.04 Å². The lowest BCUT2D eigenvalue weighted by Crippen LogP contribution is -2.32. The van der Waals surface area contributed by atoms with E-state index in [1.807, 2.05) is 12.3 Å². The summed E-state index contributed by atoms with van der Waals surface area (Å²) in [6.07, 6.45) is 5.26. The topological polar surface area (TPSA) is 34.0 Å². The second-order valence-corrected chi connectivity index (χ2v) is 7.52. The maximum absolute atomic E-state index is 4.88. The van der Waals surface area contributed by atoms with Gasteiger partial charge in [-0.1, -0.05) is 20.8 Å². The lowest BCUT2D eigenvalue weighted by Gasteiger charge is -2.31. The number of hydrogen-bond acceptors (Lipinski definition) is 3. The van der Waals surface area contributed by atoms with Crippen molar-refractivity contribution in [3.05, 3.63) is 24.2 Å². The van der Waals surface area contributed by atoms with Gasteiger partial charge in [-0.15, -0.1) is 0 Å². The molecule has 2 aromatic rings. The van der Waals surface area contributed by atoms with Crippen LogP contribution < -0.4 is 0 Å². The Hall–Kier alpha value is -1.42. The summed E-state index contributed by atoms with van der Waals surface area (Å²) < 4.78 is 2.42. The van der Waals surface area contributed by atoms with Gasteiger partial charge in [0, 0.05) is 18.7 Å². The van der Waals surface area contributed by atoms with Gasteiger partial charge in [0.1, 0.15) is 11.3 Å². The highest BCUT2D eigenvalue weighted by Gasteiger charge is 2.25. The number of aromatic nitrogens is 3. The summed E-state index contributed by atoms with van der Waals surface area (Å²) in [6.45, 7) is 9.15. The first-order chi connectivity index (χ1) is 9.94. The van der Waals surface area contributed by atoms with Crippen LogP contribution >= 0.6 is 0 Å². The van der Waals surface area contributed by atoms with Crippen LogP contribution in [-0.2, 0) is 6.42 Å². The van der Waals surface area contributed by atoms with Crippen LogP contribution in [0.25, 0.3) is 11.2 Å². The molecule has 0 bridgehead atoms. The fraction of sp³-hybridized carbons (Fsp3) is 0.647. The van der Waals surface area contributed by atoms with Crippen LogP contribution in [0.1, 0.15) is 45.5 Å². The molecular weight excluding hydrogens is 260 g/mol. The first-order valence-corrected chi connectivity index (χ1v) is 7.94. The number of imidazole rings is 1. The van der Waals surface area contributed by atoms with Crippen LogP contribution in [0.5, 0.6) is 0 Å². The van der Waals surface area contributed by atoms with Crippen molar-refractivity contribution in [3.8, 4) is 0 Å². The van der Waals surface area contributed by atoms with Crippen LogP contribution in [0.2, 0.25) is 0 Å². The highest BCUT2D eigenvalue weighted by Crippen LogP contribution is 2.30. The molecule has 0 unspecified atom stereocenters. The lowest BCUT2D eigenvalue weighted by molar-refractivity contribution is 0.219. The molecular formula is C17H26N4. The van der Waals surface area contributed by atoms with Crippen molar-refractivity contribution in [1.29, 1.82) is 0 Å². The molecule has 3 heterocycles. The van der Waals surface area contributed by atoms with E-state index in [1.165, 1.54) is 18.7 Å². The summed E-state index contributed by atoms with van der Waals surface area (Å²) in [5.41, 5.74) is 2.34. The molecule has 0 aliphatic carbocycles. The van der Waals surface area contributed by atoms with Crippen molar-refractivity contribution in [2.24, 2.45) is 5.41 Å². The maximum atomic E-state index is 4.88. The molecule has 21 heavy (non-hydrogen) atoms. The van der Waals surface area contributed by atoms with E-state index in [0.717, 1.165) is 30.7 Å². The quantitative estimate of drug-likeness (QED) is 0.849. The van der Waals surface area contributed by atoms with Crippen molar-refractivity contribution in [2.45, 2.75) is 46.1 Å². The molecule has 0 saturated carbocycles. The molecule has 0 radical (unpaired) electrons. The third-order valence-corrected chi connectivity index (χ3v) is 4.26. The van der Waals surface area contributed by atoms with E-state index in [4.69, 9.17) is 4.98 Å². The first-order valence-electron chi connectivity index (χ1n) is 7.94. The highest BCUT2D eigenvalue weighted by molar-refractivity contribution is 5.71. The summed E-state index contributed by atoms with van der Waals surface area (Å²) in [5.74, 6) is 1.20. The molecule has 2 aromatic heterocycles. The third-order valence-electron chi connectivity index (χ3n) is 4.26. The summed E-state index contributed by atoms with van der Waals surface area (Å²) in [4.78, 5) is 11.9. The van der Waals surface area contributed by atoms with E-state index in [9.17, 15) is 0 Å². The largest absolute Gasteiger partial charge is 0.309 e. The Balaban J connectivity index is 2.03. The Morgan fingerprint density at radius 1 is 1.24 bits per heavy atom. The second-order valence-electron chi connectivity index (χ2n) is 7.52. The Labute approximate surface area is 127 Å². The van der Waals surface area contributed by atoms with Crippen LogP contribution in [0.3, 0.4) is 0 Å². The van der Waals surface area contributed by atoms with E-state index in [1.54, 1.807) is 0 Å². The minimum Gasteiger partial charge on any atom is -0.309 e. The first kappa shape index (κ1) is 14.5. The molecule has 3 rings (SSSR count). The normalized spacial score (nSPS) is 18.5. The van der Waals surface area contributed by atoms with Crippen molar-refractivity contribution < 1.29 is 0 Å². The molecule has 1 aliphatic rings. The molecule has 4 nitrogen and oxygen atoms in total.